The molecule has 28 heavy (non-hydrogen) atoms. The summed E-state index contributed by atoms with van der Waals surface area (Å²) in [6.07, 6.45) is 0. The van der Waals surface area contributed by atoms with Crippen LogP contribution in [0.25, 0.3) is 11.3 Å². The van der Waals surface area contributed by atoms with Gasteiger partial charge >= 0.3 is 11.9 Å². The lowest BCUT2D eigenvalue weighted by atomic mass is 10.1. The van der Waals surface area contributed by atoms with E-state index in [1.54, 1.807) is 49.4 Å². The predicted molar refractivity (Wildman–Crippen MR) is 103 cm³/mol. The van der Waals surface area contributed by atoms with E-state index in [0.29, 0.717) is 21.3 Å². The average molecular weight is 446 g/mol. The standard InChI is InChI=1S/C19H16BrN3O5/c1-3-27-19(25)16-15(21-23-22-16)12-9-13(20)17(14(10-12)26-2)28-18(24)11-7-5-4-6-8-11/h4-10H,3H2,1-2H3,(H,21,22,23). The van der Waals surface area contributed by atoms with Gasteiger partial charge < -0.3 is 14.2 Å². The van der Waals surface area contributed by atoms with Crippen LogP contribution in [-0.2, 0) is 4.74 Å². The van der Waals surface area contributed by atoms with Crippen molar-refractivity contribution >= 4 is 27.9 Å². The van der Waals surface area contributed by atoms with E-state index in [-0.39, 0.29) is 23.8 Å². The van der Waals surface area contributed by atoms with Gasteiger partial charge in [-0.2, -0.15) is 10.3 Å². The van der Waals surface area contributed by atoms with Crippen molar-refractivity contribution in [3.8, 4) is 22.8 Å². The summed E-state index contributed by atoms with van der Waals surface area (Å²) in [7, 11) is 1.44. The van der Waals surface area contributed by atoms with Gasteiger partial charge in [-0.05, 0) is 47.1 Å². The molecule has 0 spiro atoms. The quantitative estimate of drug-likeness (QED) is 0.456. The first-order valence-corrected chi connectivity index (χ1v) is 9.07. The lowest BCUT2D eigenvalue weighted by molar-refractivity contribution is 0.0520. The van der Waals surface area contributed by atoms with Gasteiger partial charge in [0.1, 0.15) is 5.69 Å². The number of carbonyl (C=O) groups is 2. The molecule has 144 valence electrons. The largest absolute Gasteiger partial charge is 0.493 e. The highest BCUT2D eigenvalue weighted by Gasteiger charge is 2.23. The zero-order chi connectivity index (χ0) is 20.1. The number of benzene rings is 2. The van der Waals surface area contributed by atoms with E-state index in [0.717, 1.165) is 0 Å². The molecule has 8 nitrogen and oxygen atoms in total. The highest BCUT2D eigenvalue weighted by molar-refractivity contribution is 9.10. The maximum Gasteiger partial charge on any atom is 0.361 e. The highest BCUT2D eigenvalue weighted by Crippen LogP contribution is 2.40. The number of H-pyrrole nitrogens is 1. The number of aromatic nitrogens is 3. The summed E-state index contributed by atoms with van der Waals surface area (Å²) in [5.41, 5.74) is 1.27. The van der Waals surface area contributed by atoms with Crippen LogP contribution in [0.5, 0.6) is 11.5 Å². The van der Waals surface area contributed by atoms with E-state index in [1.165, 1.54) is 7.11 Å². The Morgan fingerprint density at radius 3 is 2.54 bits per heavy atom. The van der Waals surface area contributed by atoms with Crippen molar-refractivity contribution < 1.29 is 23.8 Å². The number of carbonyl (C=O) groups excluding carboxylic acids is 2. The van der Waals surface area contributed by atoms with Gasteiger partial charge in [-0.25, -0.2) is 9.59 Å². The Morgan fingerprint density at radius 1 is 1.11 bits per heavy atom. The molecule has 0 saturated heterocycles. The summed E-state index contributed by atoms with van der Waals surface area (Å²) in [5.74, 6) is -0.630. The normalized spacial score (nSPS) is 10.4. The second-order valence-electron chi connectivity index (χ2n) is 5.49. The van der Waals surface area contributed by atoms with Crippen molar-refractivity contribution in [2.75, 3.05) is 13.7 Å². The number of nitrogens with zero attached hydrogens (tertiary/aromatic N) is 2. The average Bonchev–Trinajstić information content (AvgIpc) is 3.20. The third-order valence-electron chi connectivity index (χ3n) is 3.72. The first kappa shape index (κ1) is 19.6. The molecule has 0 aliphatic rings. The van der Waals surface area contributed by atoms with Crippen molar-refractivity contribution in [2.45, 2.75) is 6.92 Å². The first-order chi connectivity index (χ1) is 13.5. The second-order valence-corrected chi connectivity index (χ2v) is 6.34. The molecule has 0 fully saturated rings. The SMILES string of the molecule is CCOC(=O)c1n[nH]nc1-c1cc(Br)c(OC(=O)c2ccccc2)c(OC)c1. The maximum absolute atomic E-state index is 12.4. The van der Waals surface area contributed by atoms with Crippen LogP contribution in [0, 0.1) is 0 Å². The molecule has 1 heterocycles. The van der Waals surface area contributed by atoms with Crippen molar-refractivity contribution in [1.29, 1.82) is 0 Å². The van der Waals surface area contributed by atoms with E-state index in [1.807, 2.05) is 0 Å². The Balaban J connectivity index is 1.96. The van der Waals surface area contributed by atoms with E-state index >= 15 is 0 Å². The summed E-state index contributed by atoms with van der Waals surface area (Å²) in [4.78, 5) is 24.4. The second kappa shape index (κ2) is 8.66. The lowest BCUT2D eigenvalue weighted by Gasteiger charge is -2.13. The lowest BCUT2D eigenvalue weighted by Crippen LogP contribution is -2.10. The number of hydrogen-bond acceptors (Lipinski definition) is 7. The molecule has 9 heteroatoms. The van der Waals surface area contributed by atoms with Crippen LogP contribution >= 0.6 is 15.9 Å². The van der Waals surface area contributed by atoms with Gasteiger partial charge in [0, 0.05) is 5.56 Å². The predicted octanol–water partition coefficient (Wildman–Crippen LogP) is 3.64. The van der Waals surface area contributed by atoms with Crippen LogP contribution in [-0.4, -0.2) is 41.1 Å². The van der Waals surface area contributed by atoms with Crippen molar-refractivity contribution in [3.63, 3.8) is 0 Å². The fourth-order valence-corrected chi connectivity index (χ4v) is 2.98. The van der Waals surface area contributed by atoms with Crippen LogP contribution in [0.4, 0.5) is 0 Å². The number of esters is 2. The number of halogens is 1. The Kier molecular flexibility index (Phi) is 6.05. The summed E-state index contributed by atoms with van der Waals surface area (Å²) in [6.45, 7) is 1.92. The minimum absolute atomic E-state index is 0.0461. The monoisotopic (exact) mass is 445 g/mol. The van der Waals surface area contributed by atoms with Gasteiger partial charge in [0.05, 0.1) is 23.8 Å². The summed E-state index contributed by atoms with van der Waals surface area (Å²) in [6, 6.07) is 11.8. The van der Waals surface area contributed by atoms with Crippen LogP contribution in [0.3, 0.4) is 0 Å². The van der Waals surface area contributed by atoms with Crippen molar-refractivity contribution in [1.82, 2.24) is 15.4 Å². The fourth-order valence-electron chi connectivity index (χ4n) is 2.46. The Bertz CT molecular complexity index is 1000. The Labute approximate surface area is 168 Å². The van der Waals surface area contributed by atoms with E-state index < -0.39 is 11.9 Å². The zero-order valence-electron chi connectivity index (χ0n) is 15.1. The number of nitrogens with one attached hydrogen (secondary N) is 1. The van der Waals surface area contributed by atoms with Gasteiger partial charge in [0.25, 0.3) is 0 Å². The molecular weight excluding hydrogens is 430 g/mol. The van der Waals surface area contributed by atoms with Gasteiger partial charge in [0.15, 0.2) is 17.2 Å². The van der Waals surface area contributed by atoms with Crippen LogP contribution in [0.2, 0.25) is 0 Å². The molecule has 0 bridgehead atoms. The summed E-state index contributed by atoms with van der Waals surface area (Å²) in [5, 5.41) is 10.3. The zero-order valence-corrected chi connectivity index (χ0v) is 16.6. The molecule has 0 radical (unpaired) electrons. The first-order valence-electron chi connectivity index (χ1n) is 8.28. The third-order valence-corrected chi connectivity index (χ3v) is 4.31. The van der Waals surface area contributed by atoms with Gasteiger partial charge in [-0.1, -0.05) is 18.2 Å². The summed E-state index contributed by atoms with van der Waals surface area (Å²) < 4.78 is 16.3. The topological polar surface area (TPSA) is 103 Å². The molecule has 3 rings (SSSR count). The van der Waals surface area contributed by atoms with E-state index in [9.17, 15) is 9.59 Å². The number of ether oxygens (including phenoxy) is 3. The highest BCUT2D eigenvalue weighted by atomic mass is 79.9. The molecule has 3 aromatic rings. The van der Waals surface area contributed by atoms with Crippen LogP contribution in [0.1, 0.15) is 27.8 Å². The summed E-state index contributed by atoms with van der Waals surface area (Å²) >= 11 is 3.39. The Morgan fingerprint density at radius 2 is 1.86 bits per heavy atom. The number of hydrogen-bond donors (Lipinski definition) is 1. The van der Waals surface area contributed by atoms with E-state index in [4.69, 9.17) is 14.2 Å². The van der Waals surface area contributed by atoms with E-state index in [2.05, 4.69) is 31.3 Å². The smallest absolute Gasteiger partial charge is 0.361 e. The third kappa shape index (κ3) is 4.04. The molecule has 0 atom stereocenters. The minimum Gasteiger partial charge on any atom is -0.493 e. The van der Waals surface area contributed by atoms with Crippen molar-refractivity contribution in [2.24, 2.45) is 0 Å². The number of aromatic amines is 1. The van der Waals surface area contributed by atoms with Gasteiger partial charge in [-0.3, -0.25) is 0 Å². The molecule has 0 aliphatic carbocycles. The van der Waals surface area contributed by atoms with Crippen molar-refractivity contribution in [3.05, 3.63) is 58.2 Å². The molecule has 0 saturated carbocycles. The maximum atomic E-state index is 12.4. The number of rotatable bonds is 6. The fraction of sp³-hybridized carbons (Fsp3) is 0.158. The minimum atomic E-state index is -0.596. The Hall–Kier alpha value is -3.20. The number of methoxy groups -OCH3 is 1. The van der Waals surface area contributed by atoms with Gasteiger partial charge in [0.2, 0.25) is 0 Å². The molecule has 0 unspecified atom stereocenters. The van der Waals surface area contributed by atoms with Crippen LogP contribution < -0.4 is 9.47 Å². The molecule has 1 N–H and O–H groups in total. The molecule has 0 aliphatic heterocycles. The van der Waals surface area contributed by atoms with Gasteiger partial charge in [-0.15, -0.1) is 5.10 Å². The molecular formula is C19H16BrN3O5. The molecule has 1 aromatic heterocycles. The van der Waals surface area contributed by atoms with Crippen LogP contribution in [0.15, 0.2) is 46.9 Å². The molecule has 0 amide bonds. The molecule has 2 aromatic carbocycles.